The molecule has 2 heterocycles. The minimum absolute atomic E-state index is 0.167. The lowest BCUT2D eigenvalue weighted by atomic mass is 10.5. The van der Waals surface area contributed by atoms with Gasteiger partial charge in [-0.2, -0.15) is 10.2 Å². The van der Waals surface area contributed by atoms with Gasteiger partial charge < -0.3 is 5.73 Å². The highest BCUT2D eigenvalue weighted by Gasteiger charge is 2.04. The van der Waals surface area contributed by atoms with Gasteiger partial charge in [0.1, 0.15) is 11.9 Å². The van der Waals surface area contributed by atoms with Crippen LogP contribution in [-0.4, -0.2) is 19.5 Å². The molecule has 0 spiro atoms. The molecule has 0 aliphatic heterocycles. The third kappa shape index (κ3) is 1.27. The highest BCUT2D eigenvalue weighted by atomic mass is 15.2. The first-order chi connectivity index (χ1) is 6.81. The Hall–Kier alpha value is -2.42. The van der Waals surface area contributed by atoms with Crippen molar-refractivity contribution in [2.45, 2.75) is 0 Å². The molecular formula is C8H6N6. The number of anilines is 1. The Morgan fingerprint density at radius 3 is 2.93 bits per heavy atom. The molecule has 0 saturated carbocycles. The van der Waals surface area contributed by atoms with Gasteiger partial charge in [-0.05, 0) is 6.07 Å². The average Bonchev–Trinajstić information content (AvgIpc) is 2.65. The van der Waals surface area contributed by atoms with Gasteiger partial charge in [-0.1, -0.05) is 0 Å². The SMILES string of the molecule is N#Cc1nccn1-c1ccnc(N)n1. The van der Waals surface area contributed by atoms with Crippen LogP contribution in [0.3, 0.4) is 0 Å². The van der Waals surface area contributed by atoms with E-state index in [9.17, 15) is 0 Å². The van der Waals surface area contributed by atoms with E-state index in [0.29, 0.717) is 5.82 Å². The highest BCUT2D eigenvalue weighted by molar-refractivity contribution is 5.32. The predicted octanol–water partition coefficient (Wildman–Crippen LogP) is 0.116. The maximum atomic E-state index is 8.73. The Morgan fingerprint density at radius 2 is 2.21 bits per heavy atom. The summed E-state index contributed by atoms with van der Waals surface area (Å²) in [5.74, 6) is 0.967. The summed E-state index contributed by atoms with van der Waals surface area (Å²) in [4.78, 5) is 11.6. The van der Waals surface area contributed by atoms with E-state index in [1.165, 1.54) is 17.0 Å². The van der Waals surface area contributed by atoms with Gasteiger partial charge in [0.05, 0.1) is 0 Å². The van der Waals surface area contributed by atoms with Crippen LogP contribution in [0.2, 0.25) is 0 Å². The van der Waals surface area contributed by atoms with Crippen LogP contribution in [0.5, 0.6) is 0 Å². The number of nitrogens with zero attached hydrogens (tertiary/aromatic N) is 5. The van der Waals surface area contributed by atoms with Gasteiger partial charge >= 0.3 is 0 Å². The summed E-state index contributed by atoms with van der Waals surface area (Å²) in [7, 11) is 0. The lowest BCUT2D eigenvalue weighted by Crippen LogP contribution is -2.03. The third-order valence-corrected chi connectivity index (χ3v) is 1.65. The first kappa shape index (κ1) is 8.19. The molecule has 0 bridgehead atoms. The number of imidazole rings is 1. The van der Waals surface area contributed by atoms with Crippen molar-refractivity contribution in [1.29, 1.82) is 5.26 Å². The van der Waals surface area contributed by atoms with Gasteiger partial charge in [-0.3, -0.25) is 4.57 Å². The van der Waals surface area contributed by atoms with Crippen molar-refractivity contribution >= 4 is 5.95 Å². The molecule has 6 heteroatoms. The second kappa shape index (κ2) is 3.14. The van der Waals surface area contributed by atoms with Crippen LogP contribution < -0.4 is 5.73 Å². The second-order valence-electron chi connectivity index (χ2n) is 2.51. The molecule has 0 unspecified atom stereocenters. The number of hydrogen-bond acceptors (Lipinski definition) is 5. The Labute approximate surface area is 79.7 Å². The van der Waals surface area contributed by atoms with E-state index in [1.54, 1.807) is 12.3 Å². The van der Waals surface area contributed by atoms with Crippen molar-refractivity contribution < 1.29 is 0 Å². The van der Waals surface area contributed by atoms with E-state index in [1.807, 2.05) is 6.07 Å². The standard InChI is InChI=1S/C8H6N6/c9-5-7-11-3-4-14(7)6-1-2-12-8(10)13-6/h1-4H,(H2,10,12,13). The number of hydrogen-bond donors (Lipinski definition) is 1. The van der Waals surface area contributed by atoms with Gasteiger partial charge in [0.15, 0.2) is 0 Å². The number of nitrogens with two attached hydrogens (primary N) is 1. The van der Waals surface area contributed by atoms with Crippen molar-refractivity contribution in [3.05, 3.63) is 30.5 Å². The zero-order valence-electron chi connectivity index (χ0n) is 7.12. The van der Waals surface area contributed by atoms with E-state index >= 15 is 0 Å². The Kier molecular flexibility index (Phi) is 1.84. The van der Waals surface area contributed by atoms with E-state index in [4.69, 9.17) is 11.0 Å². The number of aromatic nitrogens is 4. The molecule has 2 aromatic heterocycles. The molecule has 0 amide bonds. The fourth-order valence-electron chi connectivity index (χ4n) is 1.07. The monoisotopic (exact) mass is 186 g/mol. The minimum atomic E-state index is 0.167. The maximum Gasteiger partial charge on any atom is 0.221 e. The zero-order chi connectivity index (χ0) is 9.97. The fourth-order valence-corrected chi connectivity index (χ4v) is 1.07. The number of nitrogen functional groups attached to an aromatic ring is 1. The van der Waals surface area contributed by atoms with Gasteiger partial charge in [0.25, 0.3) is 0 Å². The normalized spacial score (nSPS) is 9.64. The Morgan fingerprint density at radius 1 is 1.36 bits per heavy atom. The van der Waals surface area contributed by atoms with Crippen molar-refractivity contribution in [3.63, 3.8) is 0 Å². The summed E-state index contributed by atoms with van der Waals surface area (Å²) in [6, 6.07) is 3.60. The number of nitriles is 1. The summed E-state index contributed by atoms with van der Waals surface area (Å²) in [5, 5.41) is 8.73. The summed E-state index contributed by atoms with van der Waals surface area (Å²) in [6.07, 6.45) is 4.69. The first-order valence-corrected chi connectivity index (χ1v) is 3.83. The van der Waals surface area contributed by atoms with Crippen LogP contribution >= 0.6 is 0 Å². The van der Waals surface area contributed by atoms with Crippen LogP contribution in [0.4, 0.5) is 5.95 Å². The molecule has 0 aliphatic rings. The highest BCUT2D eigenvalue weighted by Crippen LogP contribution is 2.06. The van der Waals surface area contributed by atoms with Crippen LogP contribution in [0, 0.1) is 11.3 Å². The molecule has 0 aromatic carbocycles. The lowest BCUT2D eigenvalue weighted by molar-refractivity contribution is 0.956. The summed E-state index contributed by atoms with van der Waals surface area (Å²) in [6.45, 7) is 0. The van der Waals surface area contributed by atoms with Crippen molar-refractivity contribution in [2.24, 2.45) is 0 Å². The smallest absolute Gasteiger partial charge is 0.221 e. The molecule has 2 aromatic rings. The van der Waals surface area contributed by atoms with Crippen LogP contribution in [0.1, 0.15) is 5.82 Å². The van der Waals surface area contributed by atoms with Crippen molar-refractivity contribution in [3.8, 4) is 11.9 Å². The summed E-state index contributed by atoms with van der Waals surface area (Å²) in [5.41, 5.74) is 5.42. The third-order valence-electron chi connectivity index (χ3n) is 1.65. The molecule has 0 radical (unpaired) electrons. The second-order valence-corrected chi connectivity index (χ2v) is 2.51. The minimum Gasteiger partial charge on any atom is -0.368 e. The van der Waals surface area contributed by atoms with Crippen LogP contribution in [0.15, 0.2) is 24.7 Å². The topological polar surface area (TPSA) is 93.4 Å². The molecule has 0 saturated heterocycles. The summed E-state index contributed by atoms with van der Waals surface area (Å²) < 4.78 is 1.54. The van der Waals surface area contributed by atoms with Crippen molar-refractivity contribution in [1.82, 2.24) is 19.5 Å². The van der Waals surface area contributed by atoms with Gasteiger partial charge in [0, 0.05) is 18.6 Å². The molecule has 68 valence electrons. The molecule has 2 N–H and O–H groups in total. The average molecular weight is 186 g/mol. The van der Waals surface area contributed by atoms with E-state index in [-0.39, 0.29) is 11.8 Å². The lowest BCUT2D eigenvalue weighted by Gasteiger charge is -2.01. The first-order valence-electron chi connectivity index (χ1n) is 3.83. The zero-order valence-corrected chi connectivity index (χ0v) is 7.12. The maximum absolute atomic E-state index is 8.73. The molecule has 0 atom stereocenters. The molecule has 0 fully saturated rings. The molecule has 2 rings (SSSR count). The molecule has 6 nitrogen and oxygen atoms in total. The van der Waals surface area contributed by atoms with Crippen LogP contribution in [-0.2, 0) is 0 Å². The molecule has 0 aliphatic carbocycles. The van der Waals surface area contributed by atoms with Crippen LogP contribution in [0.25, 0.3) is 5.82 Å². The van der Waals surface area contributed by atoms with Gasteiger partial charge in [0.2, 0.25) is 11.8 Å². The van der Waals surface area contributed by atoms with E-state index < -0.39 is 0 Å². The largest absolute Gasteiger partial charge is 0.368 e. The molecule has 14 heavy (non-hydrogen) atoms. The van der Waals surface area contributed by atoms with Crippen molar-refractivity contribution in [2.75, 3.05) is 5.73 Å². The Bertz CT molecular complexity index is 495. The predicted molar refractivity (Wildman–Crippen MR) is 48.3 cm³/mol. The fraction of sp³-hybridized carbons (Fsp3) is 0. The summed E-state index contributed by atoms with van der Waals surface area (Å²) >= 11 is 0. The van der Waals surface area contributed by atoms with E-state index in [0.717, 1.165) is 0 Å². The molecular weight excluding hydrogens is 180 g/mol. The van der Waals surface area contributed by atoms with Gasteiger partial charge in [-0.15, -0.1) is 0 Å². The van der Waals surface area contributed by atoms with E-state index in [2.05, 4.69) is 15.0 Å². The quantitative estimate of drug-likeness (QED) is 0.682. The van der Waals surface area contributed by atoms with Gasteiger partial charge in [-0.25, -0.2) is 9.97 Å². The Balaban J connectivity index is 2.56. The number of rotatable bonds is 1.